The zero-order valence-corrected chi connectivity index (χ0v) is 21.8. The van der Waals surface area contributed by atoms with Gasteiger partial charge in [0, 0.05) is 30.5 Å². The largest absolute Gasteiger partial charge is 0.493 e. The number of ether oxygens (including phenoxy) is 2. The second-order valence-electron chi connectivity index (χ2n) is 9.06. The number of carbonyl (C=O) groups is 1. The number of rotatable bonds is 11. The van der Waals surface area contributed by atoms with Crippen molar-refractivity contribution in [1.82, 2.24) is 15.0 Å². The van der Waals surface area contributed by atoms with Crippen LogP contribution < -0.4 is 20.9 Å². The van der Waals surface area contributed by atoms with Crippen LogP contribution in [0.2, 0.25) is 0 Å². The van der Waals surface area contributed by atoms with Gasteiger partial charge in [-0.3, -0.25) is 9.80 Å². The number of ketones is 1. The molecule has 1 aliphatic rings. The Morgan fingerprint density at radius 3 is 2.72 bits per heavy atom. The van der Waals surface area contributed by atoms with Crippen molar-refractivity contribution < 1.29 is 24.5 Å². The molecule has 0 amide bonds. The van der Waals surface area contributed by atoms with Crippen LogP contribution in [-0.4, -0.2) is 64.1 Å². The minimum absolute atomic E-state index is 0.0803. The van der Waals surface area contributed by atoms with Crippen LogP contribution >= 0.6 is 0 Å². The maximum atomic E-state index is 13.5. The Kier molecular flexibility index (Phi) is 8.74. The molecule has 0 aliphatic carbocycles. The van der Waals surface area contributed by atoms with E-state index in [9.17, 15) is 15.0 Å². The first-order chi connectivity index (χ1) is 18.8. The van der Waals surface area contributed by atoms with Crippen molar-refractivity contribution in [1.29, 1.82) is 0 Å². The van der Waals surface area contributed by atoms with E-state index >= 15 is 0 Å². The van der Waals surface area contributed by atoms with Crippen LogP contribution in [0.25, 0.3) is 0 Å². The van der Waals surface area contributed by atoms with Crippen LogP contribution in [0.1, 0.15) is 51.5 Å². The third-order valence-corrected chi connectivity index (χ3v) is 6.48. The number of nitrogen functional groups attached to an aromatic ring is 2. The zero-order chi connectivity index (χ0) is 27.9. The van der Waals surface area contributed by atoms with E-state index in [1.807, 2.05) is 24.3 Å². The summed E-state index contributed by atoms with van der Waals surface area (Å²) in [5, 5.41) is 25.4. The van der Waals surface area contributed by atoms with Gasteiger partial charge < -0.3 is 31.2 Å². The Morgan fingerprint density at radius 2 is 2.00 bits per heavy atom. The number of nitrogens with zero attached hydrogens (tertiary/aromatic N) is 4. The second kappa shape index (κ2) is 12.4. The molecule has 0 fully saturated rings. The molecule has 204 valence electrons. The summed E-state index contributed by atoms with van der Waals surface area (Å²) in [4.78, 5) is 21.5. The van der Waals surface area contributed by atoms with Gasteiger partial charge >= 0.3 is 0 Å². The average molecular weight is 533 g/mol. The highest BCUT2D eigenvalue weighted by atomic mass is 16.5. The minimum Gasteiger partial charge on any atom is -0.493 e. The lowest BCUT2D eigenvalue weighted by Gasteiger charge is -2.31. The average Bonchev–Trinajstić information content (AvgIpc) is 2.95. The van der Waals surface area contributed by atoms with E-state index in [0.717, 1.165) is 16.7 Å². The molecule has 1 aliphatic heterocycles. The monoisotopic (exact) mass is 532 g/mol. The number of methoxy groups -OCH3 is 2. The van der Waals surface area contributed by atoms with Gasteiger partial charge in [-0.2, -0.15) is 10.1 Å². The highest BCUT2D eigenvalue weighted by molar-refractivity contribution is 6.07. The quantitative estimate of drug-likeness (QED) is 0.212. The van der Waals surface area contributed by atoms with Gasteiger partial charge in [0.15, 0.2) is 17.3 Å². The summed E-state index contributed by atoms with van der Waals surface area (Å²) in [6.07, 6.45) is 6.70. The maximum Gasteiger partial charge on any atom is 0.221 e. The van der Waals surface area contributed by atoms with Crippen LogP contribution in [0, 0.1) is 0 Å². The van der Waals surface area contributed by atoms with Gasteiger partial charge in [0.05, 0.1) is 44.8 Å². The molecule has 0 saturated carbocycles. The Balaban J connectivity index is 1.63. The Hall–Kier alpha value is -4.48. The molecule has 11 heteroatoms. The van der Waals surface area contributed by atoms with Crippen molar-refractivity contribution in [3.8, 4) is 11.5 Å². The van der Waals surface area contributed by atoms with Gasteiger partial charge in [0.25, 0.3) is 0 Å². The van der Waals surface area contributed by atoms with E-state index < -0.39 is 6.10 Å². The smallest absolute Gasteiger partial charge is 0.221 e. The van der Waals surface area contributed by atoms with Crippen molar-refractivity contribution in [2.75, 3.05) is 32.3 Å². The van der Waals surface area contributed by atoms with Gasteiger partial charge in [-0.05, 0) is 41.7 Å². The van der Waals surface area contributed by atoms with E-state index in [1.54, 1.807) is 35.8 Å². The fourth-order valence-corrected chi connectivity index (χ4v) is 4.49. The number of hydrogen-bond acceptors (Lipinski definition) is 11. The number of allylic oxidation sites excluding steroid dienone is 1. The summed E-state index contributed by atoms with van der Waals surface area (Å²) in [7, 11) is 2.97. The van der Waals surface area contributed by atoms with E-state index in [2.05, 4.69) is 15.1 Å². The number of hydrazone groups is 1. The van der Waals surface area contributed by atoms with E-state index in [4.69, 9.17) is 20.9 Å². The van der Waals surface area contributed by atoms with Gasteiger partial charge in [0.1, 0.15) is 5.82 Å². The number of aromatic nitrogens is 2. The third kappa shape index (κ3) is 6.33. The molecule has 3 aromatic rings. The lowest BCUT2D eigenvalue weighted by atomic mass is 9.94. The number of carbonyl (C=O) groups excluding carboxylic acids is 1. The SMILES string of the molecule is COc1cc(Cc2cnc(N)nc2N)cc(C(=O)/C=C/N2N=Cc3ccccc3C2CCC(O)CO)c1OC. The van der Waals surface area contributed by atoms with E-state index in [1.165, 1.54) is 20.3 Å². The Bertz CT molecular complexity index is 1390. The van der Waals surface area contributed by atoms with Crippen LogP contribution in [0.4, 0.5) is 11.8 Å². The standard InChI is InChI=1S/C28H32N6O5/c1-38-25-13-17(11-19-14-31-28(30)33-27(19)29)12-22(26(25)39-2)24(37)9-10-34-23(8-7-20(36)16-35)21-6-4-3-5-18(21)15-32-34/h3-6,9-10,12-15,20,23,35-36H,7-8,11,16H2,1-2H3,(H4,29,30,31,33)/b10-9+. The molecule has 0 bridgehead atoms. The fourth-order valence-electron chi connectivity index (χ4n) is 4.49. The molecule has 11 nitrogen and oxygen atoms in total. The molecular weight excluding hydrogens is 500 g/mol. The zero-order valence-electron chi connectivity index (χ0n) is 21.8. The highest BCUT2D eigenvalue weighted by Crippen LogP contribution is 2.35. The van der Waals surface area contributed by atoms with Crippen LogP contribution in [0.3, 0.4) is 0 Å². The molecule has 6 N–H and O–H groups in total. The van der Waals surface area contributed by atoms with Gasteiger partial charge in [-0.15, -0.1) is 0 Å². The molecule has 2 atom stereocenters. The summed E-state index contributed by atoms with van der Waals surface area (Å²) < 4.78 is 11.0. The first-order valence-corrected chi connectivity index (χ1v) is 12.4. The molecule has 4 rings (SSSR count). The lowest BCUT2D eigenvalue weighted by Crippen LogP contribution is -2.25. The minimum atomic E-state index is -0.838. The number of fused-ring (bicyclic) bond motifs is 1. The van der Waals surface area contributed by atoms with Crippen molar-refractivity contribution in [3.63, 3.8) is 0 Å². The second-order valence-corrected chi connectivity index (χ2v) is 9.06. The van der Waals surface area contributed by atoms with E-state index in [0.29, 0.717) is 41.9 Å². The predicted molar refractivity (Wildman–Crippen MR) is 148 cm³/mol. The Morgan fingerprint density at radius 1 is 1.21 bits per heavy atom. The molecule has 39 heavy (non-hydrogen) atoms. The molecular formula is C28H32N6O5. The van der Waals surface area contributed by atoms with Crippen LogP contribution in [0.15, 0.2) is 60.0 Å². The summed E-state index contributed by atoms with van der Waals surface area (Å²) in [6.45, 7) is -0.321. The molecule has 0 spiro atoms. The van der Waals surface area contributed by atoms with Crippen LogP contribution in [-0.2, 0) is 6.42 Å². The van der Waals surface area contributed by atoms with Crippen molar-refractivity contribution in [3.05, 3.63) is 82.7 Å². The third-order valence-electron chi connectivity index (χ3n) is 6.48. The number of aliphatic hydroxyl groups excluding tert-OH is 2. The first kappa shape index (κ1) is 27.6. The summed E-state index contributed by atoms with van der Waals surface area (Å²) >= 11 is 0. The van der Waals surface area contributed by atoms with Gasteiger partial charge in [0.2, 0.25) is 5.95 Å². The molecule has 2 unspecified atom stereocenters. The predicted octanol–water partition coefficient (Wildman–Crippen LogP) is 2.47. The maximum absolute atomic E-state index is 13.5. The Labute approximate surface area is 226 Å². The topological polar surface area (TPSA) is 169 Å². The molecule has 0 saturated heterocycles. The first-order valence-electron chi connectivity index (χ1n) is 12.4. The molecule has 1 aromatic heterocycles. The van der Waals surface area contributed by atoms with Gasteiger partial charge in [-0.1, -0.05) is 24.3 Å². The van der Waals surface area contributed by atoms with Crippen molar-refractivity contribution in [2.24, 2.45) is 5.10 Å². The fraction of sp³-hybridized carbons (Fsp3) is 0.286. The number of hydrogen-bond donors (Lipinski definition) is 4. The number of benzene rings is 2. The highest BCUT2D eigenvalue weighted by Gasteiger charge is 2.25. The molecule has 2 aromatic carbocycles. The van der Waals surface area contributed by atoms with Crippen molar-refractivity contribution in [2.45, 2.75) is 31.4 Å². The summed E-state index contributed by atoms with van der Waals surface area (Å²) in [5.74, 6) is 0.703. The number of anilines is 2. The van der Waals surface area contributed by atoms with Gasteiger partial charge in [-0.25, -0.2) is 4.98 Å². The summed E-state index contributed by atoms with van der Waals surface area (Å²) in [6, 6.07) is 11.1. The van der Waals surface area contributed by atoms with Crippen LogP contribution in [0.5, 0.6) is 11.5 Å². The number of nitrogens with two attached hydrogens (primary N) is 2. The summed E-state index contributed by atoms with van der Waals surface area (Å²) in [5.41, 5.74) is 15.3. The van der Waals surface area contributed by atoms with Crippen molar-refractivity contribution >= 4 is 23.8 Å². The molecule has 2 heterocycles. The number of aliphatic hydroxyl groups is 2. The molecule has 0 radical (unpaired) electrons. The normalized spacial score (nSPS) is 15.3. The van der Waals surface area contributed by atoms with E-state index in [-0.39, 0.29) is 30.2 Å². The lowest BCUT2D eigenvalue weighted by molar-refractivity contribution is 0.0791.